The van der Waals surface area contributed by atoms with Crippen molar-refractivity contribution in [2.75, 3.05) is 13.6 Å². The molecular formula is C15H22N4. The normalized spacial score (nSPS) is 11.2. The second kappa shape index (κ2) is 6.50. The SMILES string of the molecule is CN(CCc1cnn(C)c1)Cc1cccc(CN)c1. The predicted octanol–water partition coefficient (Wildman–Crippen LogP) is 1.55. The molecule has 0 bridgehead atoms. The Bertz CT molecular complexity index is 518. The highest BCUT2D eigenvalue weighted by Gasteiger charge is 2.03. The molecule has 0 atom stereocenters. The van der Waals surface area contributed by atoms with Gasteiger partial charge in [0.05, 0.1) is 6.20 Å². The first-order valence-electron chi connectivity index (χ1n) is 6.61. The van der Waals surface area contributed by atoms with Gasteiger partial charge in [0.2, 0.25) is 0 Å². The number of benzene rings is 1. The molecule has 2 rings (SSSR count). The van der Waals surface area contributed by atoms with E-state index in [0.29, 0.717) is 6.54 Å². The smallest absolute Gasteiger partial charge is 0.0522 e. The maximum atomic E-state index is 5.66. The molecule has 0 aliphatic heterocycles. The van der Waals surface area contributed by atoms with Crippen molar-refractivity contribution in [3.05, 3.63) is 53.3 Å². The van der Waals surface area contributed by atoms with E-state index in [1.165, 1.54) is 16.7 Å². The van der Waals surface area contributed by atoms with E-state index < -0.39 is 0 Å². The summed E-state index contributed by atoms with van der Waals surface area (Å²) in [4.78, 5) is 2.32. The molecule has 19 heavy (non-hydrogen) atoms. The number of nitrogens with zero attached hydrogens (tertiary/aromatic N) is 3. The fourth-order valence-electron chi connectivity index (χ4n) is 2.17. The van der Waals surface area contributed by atoms with E-state index in [0.717, 1.165) is 19.5 Å². The second-order valence-corrected chi connectivity index (χ2v) is 5.03. The van der Waals surface area contributed by atoms with Crippen molar-refractivity contribution in [3.63, 3.8) is 0 Å². The maximum absolute atomic E-state index is 5.66. The van der Waals surface area contributed by atoms with Gasteiger partial charge in [-0.05, 0) is 30.2 Å². The number of hydrogen-bond acceptors (Lipinski definition) is 3. The first-order valence-corrected chi connectivity index (χ1v) is 6.61. The van der Waals surface area contributed by atoms with Gasteiger partial charge in [0.15, 0.2) is 0 Å². The van der Waals surface area contributed by atoms with Crippen LogP contribution in [0.5, 0.6) is 0 Å². The van der Waals surface area contributed by atoms with Gasteiger partial charge in [-0.3, -0.25) is 4.68 Å². The van der Waals surface area contributed by atoms with Crippen molar-refractivity contribution in [1.82, 2.24) is 14.7 Å². The van der Waals surface area contributed by atoms with Crippen LogP contribution in [0.2, 0.25) is 0 Å². The lowest BCUT2D eigenvalue weighted by Gasteiger charge is -2.16. The average Bonchev–Trinajstić information content (AvgIpc) is 2.82. The summed E-state index contributed by atoms with van der Waals surface area (Å²) in [5, 5.41) is 4.19. The molecule has 0 saturated carbocycles. The van der Waals surface area contributed by atoms with Gasteiger partial charge in [0.25, 0.3) is 0 Å². The number of aryl methyl sites for hydroxylation is 1. The summed E-state index contributed by atoms with van der Waals surface area (Å²) in [6, 6.07) is 8.48. The number of likely N-dealkylation sites (N-methyl/N-ethyl adjacent to an activating group) is 1. The van der Waals surface area contributed by atoms with Crippen LogP contribution >= 0.6 is 0 Å². The molecular weight excluding hydrogens is 236 g/mol. The van der Waals surface area contributed by atoms with Crippen LogP contribution in [-0.2, 0) is 26.6 Å². The first-order chi connectivity index (χ1) is 9.17. The van der Waals surface area contributed by atoms with Gasteiger partial charge < -0.3 is 10.6 Å². The molecule has 1 aromatic carbocycles. The first kappa shape index (κ1) is 13.8. The van der Waals surface area contributed by atoms with Crippen molar-refractivity contribution in [3.8, 4) is 0 Å². The van der Waals surface area contributed by atoms with Crippen molar-refractivity contribution < 1.29 is 0 Å². The van der Waals surface area contributed by atoms with E-state index in [9.17, 15) is 0 Å². The van der Waals surface area contributed by atoms with Crippen molar-refractivity contribution >= 4 is 0 Å². The quantitative estimate of drug-likeness (QED) is 0.855. The number of nitrogens with two attached hydrogens (primary N) is 1. The Kier molecular flexibility index (Phi) is 4.71. The highest BCUT2D eigenvalue weighted by molar-refractivity contribution is 5.23. The van der Waals surface area contributed by atoms with Crippen LogP contribution in [0.25, 0.3) is 0 Å². The Labute approximate surface area is 114 Å². The molecule has 1 heterocycles. The highest BCUT2D eigenvalue weighted by atomic mass is 15.2. The molecule has 2 N–H and O–H groups in total. The van der Waals surface area contributed by atoms with Crippen molar-refractivity contribution in [2.24, 2.45) is 12.8 Å². The standard InChI is InChI=1S/C15H22N4/c1-18(7-6-15-10-17-19(2)12-15)11-14-5-3-4-13(8-14)9-16/h3-5,8,10,12H,6-7,9,11,16H2,1-2H3. The number of rotatable bonds is 6. The topological polar surface area (TPSA) is 47.1 Å². The van der Waals surface area contributed by atoms with Gasteiger partial charge in [0.1, 0.15) is 0 Å². The summed E-state index contributed by atoms with van der Waals surface area (Å²) in [5.41, 5.74) is 9.46. The van der Waals surface area contributed by atoms with Gasteiger partial charge >= 0.3 is 0 Å². The predicted molar refractivity (Wildman–Crippen MR) is 77.6 cm³/mol. The van der Waals surface area contributed by atoms with Gasteiger partial charge in [0, 0.05) is 32.9 Å². The third-order valence-electron chi connectivity index (χ3n) is 3.22. The van der Waals surface area contributed by atoms with Gasteiger partial charge in [-0.25, -0.2) is 0 Å². The number of hydrogen-bond donors (Lipinski definition) is 1. The lowest BCUT2D eigenvalue weighted by molar-refractivity contribution is 0.331. The molecule has 0 unspecified atom stereocenters. The third kappa shape index (κ3) is 4.19. The van der Waals surface area contributed by atoms with E-state index in [4.69, 9.17) is 5.73 Å². The van der Waals surface area contributed by atoms with Crippen LogP contribution in [-0.4, -0.2) is 28.3 Å². The minimum atomic E-state index is 0.604. The summed E-state index contributed by atoms with van der Waals surface area (Å²) in [5.74, 6) is 0. The third-order valence-corrected chi connectivity index (χ3v) is 3.22. The summed E-state index contributed by atoms with van der Waals surface area (Å²) in [7, 11) is 4.09. The fourth-order valence-corrected chi connectivity index (χ4v) is 2.17. The molecule has 4 nitrogen and oxygen atoms in total. The monoisotopic (exact) mass is 258 g/mol. The van der Waals surface area contributed by atoms with Gasteiger partial charge in [-0.2, -0.15) is 5.10 Å². The van der Waals surface area contributed by atoms with E-state index >= 15 is 0 Å². The minimum Gasteiger partial charge on any atom is -0.326 e. The van der Waals surface area contributed by atoms with Crippen LogP contribution in [0.15, 0.2) is 36.7 Å². The lowest BCUT2D eigenvalue weighted by atomic mass is 10.1. The molecule has 0 fully saturated rings. The molecule has 102 valence electrons. The Morgan fingerprint density at radius 3 is 2.74 bits per heavy atom. The molecule has 0 radical (unpaired) electrons. The fraction of sp³-hybridized carbons (Fsp3) is 0.400. The Morgan fingerprint density at radius 1 is 1.26 bits per heavy atom. The Morgan fingerprint density at radius 2 is 2.05 bits per heavy atom. The Balaban J connectivity index is 1.84. The second-order valence-electron chi connectivity index (χ2n) is 5.03. The van der Waals surface area contributed by atoms with E-state index in [-0.39, 0.29) is 0 Å². The Hall–Kier alpha value is -1.65. The molecule has 0 spiro atoms. The molecule has 0 saturated heterocycles. The summed E-state index contributed by atoms with van der Waals surface area (Å²) in [6.07, 6.45) is 5.03. The lowest BCUT2D eigenvalue weighted by Crippen LogP contribution is -2.20. The summed E-state index contributed by atoms with van der Waals surface area (Å²) in [6.45, 7) is 2.58. The molecule has 0 aliphatic rings. The molecule has 0 aliphatic carbocycles. The molecule has 1 aromatic heterocycles. The van der Waals surface area contributed by atoms with Gasteiger partial charge in [-0.15, -0.1) is 0 Å². The van der Waals surface area contributed by atoms with Crippen molar-refractivity contribution in [2.45, 2.75) is 19.5 Å². The zero-order valence-electron chi connectivity index (χ0n) is 11.7. The maximum Gasteiger partial charge on any atom is 0.0522 e. The van der Waals surface area contributed by atoms with E-state index in [2.05, 4.69) is 47.5 Å². The van der Waals surface area contributed by atoms with Crippen LogP contribution in [0, 0.1) is 0 Å². The zero-order valence-corrected chi connectivity index (χ0v) is 11.7. The molecule has 4 heteroatoms. The van der Waals surface area contributed by atoms with Crippen LogP contribution in [0.4, 0.5) is 0 Å². The summed E-state index contributed by atoms with van der Waals surface area (Å²) < 4.78 is 1.85. The largest absolute Gasteiger partial charge is 0.326 e. The molecule has 2 aromatic rings. The van der Waals surface area contributed by atoms with E-state index in [1.807, 2.05) is 17.9 Å². The van der Waals surface area contributed by atoms with Crippen molar-refractivity contribution in [1.29, 1.82) is 0 Å². The zero-order chi connectivity index (χ0) is 13.7. The van der Waals surface area contributed by atoms with E-state index in [1.54, 1.807) is 0 Å². The average molecular weight is 258 g/mol. The molecule has 0 amide bonds. The highest BCUT2D eigenvalue weighted by Crippen LogP contribution is 2.08. The summed E-state index contributed by atoms with van der Waals surface area (Å²) >= 11 is 0. The van der Waals surface area contributed by atoms with Crippen LogP contribution in [0.3, 0.4) is 0 Å². The van der Waals surface area contributed by atoms with Crippen LogP contribution in [0.1, 0.15) is 16.7 Å². The van der Waals surface area contributed by atoms with Crippen LogP contribution < -0.4 is 5.73 Å². The number of aromatic nitrogens is 2. The van der Waals surface area contributed by atoms with Gasteiger partial charge in [-0.1, -0.05) is 24.3 Å². The minimum absolute atomic E-state index is 0.604.